The summed E-state index contributed by atoms with van der Waals surface area (Å²) in [6.07, 6.45) is 0.766. The van der Waals surface area contributed by atoms with Crippen LogP contribution in [0.2, 0.25) is 5.02 Å². The van der Waals surface area contributed by atoms with Gasteiger partial charge in [0.1, 0.15) is 5.75 Å². The Morgan fingerprint density at radius 3 is 2.71 bits per heavy atom. The molecule has 0 aromatic heterocycles. The summed E-state index contributed by atoms with van der Waals surface area (Å²) in [5, 5.41) is 3.46. The molecular formula is C13H18ClNO2. The molecule has 0 saturated heterocycles. The van der Waals surface area contributed by atoms with Crippen molar-refractivity contribution in [3.63, 3.8) is 0 Å². The Bertz CT molecular complexity index is 391. The number of hydrogen-bond acceptors (Lipinski definition) is 2. The number of halogens is 1. The first-order chi connectivity index (χ1) is 8.04. The Kier molecular flexibility index (Phi) is 5.29. The molecule has 0 heterocycles. The number of ether oxygens (including phenoxy) is 1. The highest BCUT2D eigenvalue weighted by atomic mass is 35.5. The zero-order chi connectivity index (χ0) is 12.8. The molecule has 3 nitrogen and oxygen atoms in total. The minimum Gasteiger partial charge on any atom is -0.495 e. The first-order valence-electron chi connectivity index (χ1n) is 5.64. The molecule has 1 aromatic rings. The molecule has 0 radical (unpaired) electrons. The third kappa shape index (κ3) is 4.27. The van der Waals surface area contributed by atoms with E-state index >= 15 is 0 Å². The van der Waals surface area contributed by atoms with Gasteiger partial charge in [-0.15, -0.1) is 0 Å². The zero-order valence-corrected chi connectivity index (χ0v) is 11.2. The molecule has 94 valence electrons. The van der Waals surface area contributed by atoms with Crippen LogP contribution in [-0.2, 0) is 11.2 Å². The van der Waals surface area contributed by atoms with Gasteiger partial charge in [-0.05, 0) is 24.1 Å². The van der Waals surface area contributed by atoms with Crippen molar-refractivity contribution in [1.82, 2.24) is 5.32 Å². The van der Waals surface area contributed by atoms with Crippen LogP contribution >= 0.6 is 11.6 Å². The normalized spacial score (nSPS) is 10.4. The Hall–Kier alpha value is -1.22. The molecule has 17 heavy (non-hydrogen) atoms. The van der Waals surface area contributed by atoms with E-state index in [1.54, 1.807) is 7.11 Å². The summed E-state index contributed by atoms with van der Waals surface area (Å²) in [5.74, 6) is 0.765. The summed E-state index contributed by atoms with van der Waals surface area (Å²) >= 11 is 6.01. The highest BCUT2D eigenvalue weighted by molar-refractivity contribution is 6.32. The minimum atomic E-state index is 0.0226. The van der Waals surface area contributed by atoms with Gasteiger partial charge >= 0.3 is 0 Å². The fraction of sp³-hybridized carbons (Fsp3) is 0.462. The molecule has 1 N–H and O–H groups in total. The van der Waals surface area contributed by atoms with Gasteiger partial charge in [0.05, 0.1) is 12.1 Å². The fourth-order valence-corrected chi connectivity index (χ4v) is 1.68. The molecule has 0 unspecified atom stereocenters. The Morgan fingerprint density at radius 2 is 2.18 bits per heavy atom. The van der Waals surface area contributed by atoms with Gasteiger partial charge in [0.2, 0.25) is 5.91 Å². The number of hydrogen-bond donors (Lipinski definition) is 1. The molecule has 1 rings (SSSR count). The predicted octanol–water partition coefficient (Wildman–Crippen LogP) is 2.66. The number of amides is 1. The van der Waals surface area contributed by atoms with Gasteiger partial charge in [-0.2, -0.15) is 0 Å². The van der Waals surface area contributed by atoms with Crippen molar-refractivity contribution in [1.29, 1.82) is 0 Å². The second-order valence-electron chi connectivity index (χ2n) is 4.16. The maximum Gasteiger partial charge on any atom is 0.222 e. The smallest absolute Gasteiger partial charge is 0.222 e. The molecule has 0 bridgehead atoms. The lowest BCUT2D eigenvalue weighted by Gasteiger charge is -2.09. The molecule has 1 aromatic carbocycles. The SMILES string of the molecule is COc1ccc(CCNC(=O)C(C)C)cc1Cl. The van der Waals surface area contributed by atoms with Gasteiger partial charge in [-0.1, -0.05) is 31.5 Å². The van der Waals surface area contributed by atoms with Crippen LogP contribution in [0.15, 0.2) is 18.2 Å². The number of nitrogens with one attached hydrogen (secondary N) is 1. The van der Waals surface area contributed by atoms with Gasteiger partial charge in [0.15, 0.2) is 0 Å². The number of carbonyl (C=O) groups excluding carboxylic acids is 1. The van der Waals surface area contributed by atoms with Crippen LogP contribution in [0.4, 0.5) is 0 Å². The molecule has 4 heteroatoms. The van der Waals surface area contributed by atoms with Crippen LogP contribution in [0.5, 0.6) is 5.75 Å². The molecule has 0 aliphatic carbocycles. The Labute approximate surface area is 107 Å². The first kappa shape index (κ1) is 13.8. The van der Waals surface area contributed by atoms with Crippen molar-refractivity contribution >= 4 is 17.5 Å². The van der Waals surface area contributed by atoms with Crippen LogP contribution in [0, 0.1) is 5.92 Å². The average Bonchev–Trinajstić information content (AvgIpc) is 2.29. The van der Waals surface area contributed by atoms with Gasteiger partial charge in [-0.25, -0.2) is 0 Å². The lowest BCUT2D eigenvalue weighted by atomic mass is 10.1. The van der Waals surface area contributed by atoms with E-state index in [9.17, 15) is 4.79 Å². The van der Waals surface area contributed by atoms with Crippen LogP contribution in [0.3, 0.4) is 0 Å². The molecule has 1 amide bonds. The average molecular weight is 256 g/mol. The van der Waals surface area contributed by atoms with Crippen molar-refractivity contribution in [2.75, 3.05) is 13.7 Å². The zero-order valence-electron chi connectivity index (χ0n) is 10.4. The third-order valence-electron chi connectivity index (χ3n) is 2.45. The first-order valence-corrected chi connectivity index (χ1v) is 6.02. The summed E-state index contributed by atoms with van der Waals surface area (Å²) in [6.45, 7) is 4.37. The molecular weight excluding hydrogens is 238 g/mol. The van der Waals surface area contributed by atoms with Crippen molar-refractivity contribution in [2.45, 2.75) is 20.3 Å². The van der Waals surface area contributed by atoms with Crippen molar-refractivity contribution in [3.8, 4) is 5.75 Å². The van der Waals surface area contributed by atoms with Crippen molar-refractivity contribution < 1.29 is 9.53 Å². The van der Waals surface area contributed by atoms with E-state index < -0.39 is 0 Å². The van der Waals surface area contributed by atoms with E-state index in [0.717, 1.165) is 12.0 Å². The highest BCUT2D eigenvalue weighted by Gasteiger charge is 2.06. The number of methoxy groups -OCH3 is 1. The summed E-state index contributed by atoms with van der Waals surface area (Å²) in [6, 6.07) is 5.65. The Morgan fingerprint density at radius 1 is 1.47 bits per heavy atom. The molecule has 0 saturated carbocycles. The number of rotatable bonds is 5. The third-order valence-corrected chi connectivity index (χ3v) is 2.75. The van der Waals surface area contributed by atoms with Gasteiger partial charge in [0, 0.05) is 12.5 Å². The molecule has 0 spiro atoms. The lowest BCUT2D eigenvalue weighted by molar-refractivity contribution is -0.123. The summed E-state index contributed by atoms with van der Waals surface area (Å²) in [5.41, 5.74) is 1.08. The topological polar surface area (TPSA) is 38.3 Å². The van der Waals surface area contributed by atoms with Crippen molar-refractivity contribution in [3.05, 3.63) is 28.8 Å². The van der Waals surface area contributed by atoms with E-state index in [4.69, 9.17) is 16.3 Å². The maximum absolute atomic E-state index is 11.3. The van der Waals surface area contributed by atoms with E-state index in [-0.39, 0.29) is 11.8 Å². The highest BCUT2D eigenvalue weighted by Crippen LogP contribution is 2.24. The van der Waals surface area contributed by atoms with Crippen LogP contribution in [0.25, 0.3) is 0 Å². The summed E-state index contributed by atoms with van der Waals surface area (Å²) < 4.78 is 5.07. The van der Waals surface area contributed by atoms with E-state index in [0.29, 0.717) is 17.3 Å². The monoisotopic (exact) mass is 255 g/mol. The second-order valence-corrected chi connectivity index (χ2v) is 4.57. The number of carbonyl (C=O) groups is 1. The summed E-state index contributed by atoms with van der Waals surface area (Å²) in [4.78, 5) is 11.3. The molecule has 0 aliphatic rings. The quantitative estimate of drug-likeness (QED) is 0.879. The number of benzene rings is 1. The molecule has 0 aliphatic heterocycles. The molecule has 0 atom stereocenters. The Balaban J connectivity index is 2.47. The maximum atomic E-state index is 11.3. The second kappa shape index (κ2) is 6.50. The van der Waals surface area contributed by atoms with Gasteiger partial charge < -0.3 is 10.1 Å². The van der Waals surface area contributed by atoms with Crippen LogP contribution in [-0.4, -0.2) is 19.6 Å². The van der Waals surface area contributed by atoms with Crippen molar-refractivity contribution in [2.24, 2.45) is 5.92 Å². The van der Waals surface area contributed by atoms with E-state index in [1.807, 2.05) is 32.0 Å². The van der Waals surface area contributed by atoms with Crippen LogP contribution < -0.4 is 10.1 Å². The lowest BCUT2D eigenvalue weighted by Crippen LogP contribution is -2.29. The standard InChI is InChI=1S/C13H18ClNO2/c1-9(2)13(16)15-7-6-10-4-5-12(17-3)11(14)8-10/h4-5,8-9H,6-7H2,1-3H3,(H,15,16). The van der Waals surface area contributed by atoms with Crippen LogP contribution in [0.1, 0.15) is 19.4 Å². The predicted molar refractivity (Wildman–Crippen MR) is 69.6 cm³/mol. The van der Waals surface area contributed by atoms with E-state index in [2.05, 4.69) is 5.32 Å². The largest absolute Gasteiger partial charge is 0.495 e. The fourth-order valence-electron chi connectivity index (χ4n) is 1.40. The van der Waals surface area contributed by atoms with Gasteiger partial charge in [-0.3, -0.25) is 4.79 Å². The molecule has 0 fully saturated rings. The summed E-state index contributed by atoms with van der Waals surface area (Å²) in [7, 11) is 1.59. The minimum absolute atomic E-state index is 0.0226. The van der Waals surface area contributed by atoms with Gasteiger partial charge in [0.25, 0.3) is 0 Å². The van der Waals surface area contributed by atoms with E-state index in [1.165, 1.54) is 0 Å².